The van der Waals surface area contributed by atoms with Gasteiger partial charge in [0.1, 0.15) is 5.69 Å². The van der Waals surface area contributed by atoms with E-state index in [0.717, 1.165) is 21.4 Å². The summed E-state index contributed by atoms with van der Waals surface area (Å²) in [5.41, 5.74) is 2.64. The van der Waals surface area contributed by atoms with Crippen molar-refractivity contribution in [3.63, 3.8) is 0 Å². The van der Waals surface area contributed by atoms with Gasteiger partial charge in [-0.2, -0.15) is 5.10 Å². The average Bonchev–Trinajstić information content (AvgIpc) is 2.69. The summed E-state index contributed by atoms with van der Waals surface area (Å²) in [5, 5.41) is 7.16. The highest BCUT2D eigenvalue weighted by atomic mass is 79.9. The molecule has 0 atom stereocenters. The number of halogens is 1. The van der Waals surface area contributed by atoms with Gasteiger partial charge in [-0.15, -0.1) is 0 Å². The molecule has 1 N–H and O–H groups in total. The van der Waals surface area contributed by atoms with Crippen molar-refractivity contribution in [3.8, 4) is 11.3 Å². The lowest BCUT2D eigenvalue weighted by molar-refractivity contribution is 0.230. The smallest absolute Gasteiger partial charge is 0.321 e. The van der Waals surface area contributed by atoms with Crippen LogP contribution >= 0.6 is 15.9 Å². The molecule has 0 bridgehead atoms. The molecule has 0 saturated heterocycles. The van der Waals surface area contributed by atoms with E-state index in [-0.39, 0.29) is 6.03 Å². The fourth-order valence-corrected chi connectivity index (χ4v) is 2.21. The SMILES string of the molecule is CN(C)C(=O)Nc1ccc(-c2nn(C)cc2Br)cc1. The molecule has 2 amide bonds. The first-order valence-corrected chi connectivity index (χ1v) is 6.54. The van der Waals surface area contributed by atoms with Crippen molar-refractivity contribution in [2.24, 2.45) is 7.05 Å². The molecule has 6 heteroatoms. The van der Waals surface area contributed by atoms with Crippen LogP contribution in [0.15, 0.2) is 34.9 Å². The molecular weight excluding hydrogens is 308 g/mol. The van der Waals surface area contributed by atoms with E-state index in [2.05, 4.69) is 26.3 Å². The van der Waals surface area contributed by atoms with Crippen LogP contribution in [0.5, 0.6) is 0 Å². The van der Waals surface area contributed by atoms with Crippen molar-refractivity contribution in [3.05, 3.63) is 34.9 Å². The van der Waals surface area contributed by atoms with Crippen LogP contribution in [0, 0.1) is 0 Å². The number of aryl methyl sites for hydroxylation is 1. The van der Waals surface area contributed by atoms with Crippen molar-refractivity contribution in [2.75, 3.05) is 19.4 Å². The minimum Gasteiger partial charge on any atom is -0.331 e. The van der Waals surface area contributed by atoms with Crippen molar-refractivity contribution < 1.29 is 4.79 Å². The Balaban J connectivity index is 2.19. The minimum absolute atomic E-state index is 0.147. The Kier molecular flexibility index (Phi) is 3.90. The maximum atomic E-state index is 11.5. The van der Waals surface area contributed by atoms with Gasteiger partial charge in [0.25, 0.3) is 0 Å². The predicted molar refractivity (Wildman–Crippen MR) is 79.0 cm³/mol. The fraction of sp³-hybridized carbons (Fsp3) is 0.231. The van der Waals surface area contributed by atoms with Crippen LogP contribution in [-0.4, -0.2) is 34.8 Å². The van der Waals surface area contributed by atoms with Gasteiger partial charge in [-0.1, -0.05) is 12.1 Å². The zero-order chi connectivity index (χ0) is 14.0. The molecule has 5 nitrogen and oxygen atoms in total. The highest BCUT2D eigenvalue weighted by Crippen LogP contribution is 2.27. The lowest BCUT2D eigenvalue weighted by Gasteiger charge is -2.12. The second-order valence-electron chi connectivity index (χ2n) is 4.40. The second kappa shape index (κ2) is 5.44. The molecule has 0 aliphatic heterocycles. The summed E-state index contributed by atoms with van der Waals surface area (Å²) in [6.07, 6.45) is 1.90. The van der Waals surface area contributed by atoms with Gasteiger partial charge >= 0.3 is 6.03 Å². The van der Waals surface area contributed by atoms with Crippen LogP contribution < -0.4 is 5.32 Å². The van der Waals surface area contributed by atoms with E-state index in [1.54, 1.807) is 18.8 Å². The third kappa shape index (κ3) is 3.14. The molecule has 0 spiro atoms. The first-order chi connectivity index (χ1) is 8.97. The summed E-state index contributed by atoms with van der Waals surface area (Å²) in [6, 6.07) is 7.43. The monoisotopic (exact) mass is 322 g/mol. The maximum Gasteiger partial charge on any atom is 0.321 e. The molecule has 100 valence electrons. The van der Waals surface area contributed by atoms with E-state index in [4.69, 9.17) is 0 Å². The quantitative estimate of drug-likeness (QED) is 0.924. The Bertz CT molecular complexity index is 589. The summed E-state index contributed by atoms with van der Waals surface area (Å²) in [5.74, 6) is 0. The zero-order valence-electron chi connectivity index (χ0n) is 11.0. The average molecular weight is 323 g/mol. The Hall–Kier alpha value is -1.82. The number of hydrogen-bond acceptors (Lipinski definition) is 2. The summed E-state index contributed by atoms with van der Waals surface area (Å²) in [6.45, 7) is 0. The number of carbonyl (C=O) groups excluding carboxylic acids is 1. The van der Waals surface area contributed by atoms with E-state index in [0.29, 0.717) is 0 Å². The fourth-order valence-electron chi connectivity index (χ4n) is 1.60. The second-order valence-corrected chi connectivity index (χ2v) is 5.26. The molecule has 19 heavy (non-hydrogen) atoms. The largest absolute Gasteiger partial charge is 0.331 e. The number of nitrogens with one attached hydrogen (secondary N) is 1. The van der Waals surface area contributed by atoms with Gasteiger partial charge in [-0.05, 0) is 28.1 Å². The van der Waals surface area contributed by atoms with Gasteiger partial charge in [-0.3, -0.25) is 4.68 Å². The first kappa shape index (κ1) is 13.6. The van der Waals surface area contributed by atoms with Crippen LogP contribution in [-0.2, 0) is 7.05 Å². The topological polar surface area (TPSA) is 50.2 Å². The van der Waals surface area contributed by atoms with E-state index >= 15 is 0 Å². The first-order valence-electron chi connectivity index (χ1n) is 5.75. The number of nitrogens with zero attached hydrogens (tertiary/aromatic N) is 3. The van der Waals surface area contributed by atoms with Gasteiger partial charge < -0.3 is 10.2 Å². The van der Waals surface area contributed by atoms with Gasteiger partial charge in [0.15, 0.2) is 0 Å². The summed E-state index contributed by atoms with van der Waals surface area (Å²) in [7, 11) is 5.28. The lowest BCUT2D eigenvalue weighted by Crippen LogP contribution is -2.27. The standard InChI is InChI=1S/C13H15BrN4O/c1-17(2)13(19)15-10-6-4-9(5-7-10)12-11(14)8-18(3)16-12/h4-8H,1-3H3,(H,15,19). The summed E-state index contributed by atoms with van der Waals surface area (Å²) >= 11 is 3.47. The molecule has 0 aliphatic rings. The van der Waals surface area contributed by atoms with Gasteiger partial charge in [0.05, 0.1) is 4.47 Å². The number of hydrogen-bond donors (Lipinski definition) is 1. The van der Waals surface area contributed by atoms with Crippen LogP contribution in [0.1, 0.15) is 0 Å². The minimum atomic E-state index is -0.147. The Morgan fingerprint density at radius 2 is 1.95 bits per heavy atom. The van der Waals surface area contributed by atoms with Crippen LogP contribution in [0.25, 0.3) is 11.3 Å². The molecular formula is C13H15BrN4O. The number of benzene rings is 1. The normalized spacial score (nSPS) is 10.3. The third-order valence-corrected chi connectivity index (χ3v) is 3.18. The van der Waals surface area contributed by atoms with E-state index in [1.807, 2.05) is 37.5 Å². The molecule has 1 heterocycles. The molecule has 0 unspecified atom stereocenters. The maximum absolute atomic E-state index is 11.5. The van der Waals surface area contributed by atoms with E-state index in [1.165, 1.54) is 4.90 Å². The van der Waals surface area contributed by atoms with E-state index in [9.17, 15) is 4.79 Å². The highest BCUT2D eigenvalue weighted by Gasteiger charge is 2.08. The lowest BCUT2D eigenvalue weighted by atomic mass is 10.1. The van der Waals surface area contributed by atoms with Crippen LogP contribution in [0.2, 0.25) is 0 Å². The summed E-state index contributed by atoms with van der Waals surface area (Å²) < 4.78 is 2.70. The van der Waals surface area contributed by atoms with Crippen molar-refractivity contribution in [1.29, 1.82) is 0 Å². The zero-order valence-corrected chi connectivity index (χ0v) is 12.6. The summed E-state index contributed by atoms with van der Waals surface area (Å²) in [4.78, 5) is 13.0. The van der Waals surface area contributed by atoms with Crippen LogP contribution in [0.3, 0.4) is 0 Å². The predicted octanol–water partition coefficient (Wildman–Crippen LogP) is 2.94. The van der Waals surface area contributed by atoms with Crippen molar-refractivity contribution in [1.82, 2.24) is 14.7 Å². The molecule has 0 aliphatic carbocycles. The van der Waals surface area contributed by atoms with Crippen molar-refractivity contribution in [2.45, 2.75) is 0 Å². The Labute approximate surface area is 120 Å². The van der Waals surface area contributed by atoms with Gasteiger partial charge in [-0.25, -0.2) is 4.79 Å². The number of anilines is 1. The molecule has 1 aromatic heterocycles. The number of rotatable bonds is 2. The van der Waals surface area contributed by atoms with Gasteiger partial charge in [0.2, 0.25) is 0 Å². The molecule has 0 radical (unpaired) electrons. The van der Waals surface area contributed by atoms with Crippen molar-refractivity contribution >= 4 is 27.6 Å². The molecule has 2 aromatic rings. The molecule has 0 fully saturated rings. The number of urea groups is 1. The van der Waals surface area contributed by atoms with E-state index < -0.39 is 0 Å². The Morgan fingerprint density at radius 3 is 2.42 bits per heavy atom. The molecule has 1 aromatic carbocycles. The van der Waals surface area contributed by atoms with Gasteiger partial charge in [0, 0.05) is 38.6 Å². The van der Waals surface area contributed by atoms with Crippen LogP contribution in [0.4, 0.5) is 10.5 Å². The molecule has 2 rings (SSSR count). The Morgan fingerprint density at radius 1 is 1.32 bits per heavy atom. The third-order valence-electron chi connectivity index (χ3n) is 2.60. The number of aromatic nitrogens is 2. The number of carbonyl (C=O) groups is 1. The number of amides is 2. The molecule has 0 saturated carbocycles. The highest BCUT2D eigenvalue weighted by molar-refractivity contribution is 9.10.